The summed E-state index contributed by atoms with van der Waals surface area (Å²) in [4.78, 5) is -0.244. The number of anilines is 2. The van der Waals surface area contributed by atoms with Crippen LogP contribution in [0.15, 0.2) is 41.3 Å². The third kappa shape index (κ3) is 3.07. The maximum absolute atomic E-state index is 12.9. The van der Waals surface area contributed by atoms with Crippen LogP contribution in [0.5, 0.6) is 0 Å². The van der Waals surface area contributed by atoms with E-state index >= 15 is 0 Å². The number of rotatable bonds is 3. The molecule has 0 aromatic heterocycles. The van der Waals surface area contributed by atoms with Gasteiger partial charge in [0.15, 0.2) is 0 Å². The van der Waals surface area contributed by atoms with Crippen molar-refractivity contribution < 1.29 is 12.8 Å². The number of nitrogens with two attached hydrogens (primary N) is 1. The Hall–Kier alpha value is -1.50. The predicted octanol–water partition coefficient (Wildman–Crippen LogP) is 3.54. The van der Waals surface area contributed by atoms with E-state index in [1.165, 1.54) is 31.3 Å². The molecule has 21 heavy (non-hydrogen) atoms. The van der Waals surface area contributed by atoms with Crippen LogP contribution in [0.3, 0.4) is 0 Å². The second kappa shape index (κ2) is 5.71. The van der Waals surface area contributed by atoms with Gasteiger partial charge in [-0.05, 0) is 36.4 Å². The number of hydrogen-bond donors (Lipinski definition) is 1. The van der Waals surface area contributed by atoms with Gasteiger partial charge in [0.2, 0.25) is 0 Å². The highest BCUT2D eigenvalue weighted by Crippen LogP contribution is 2.34. The van der Waals surface area contributed by atoms with Gasteiger partial charge in [0.05, 0.1) is 15.7 Å². The Morgan fingerprint density at radius 2 is 1.57 bits per heavy atom. The quantitative estimate of drug-likeness (QED) is 0.862. The monoisotopic (exact) mass is 348 g/mol. The minimum Gasteiger partial charge on any atom is -0.399 e. The molecule has 0 radical (unpaired) electrons. The van der Waals surface area contributed by atoms with Crippen LogP contribution in [0.4, 0.5) is 15.8 Å². The van der Waals surface area contributed by atoms with Crippen molar-refractivity contribution in [3.8, 4) is 0 Å². The molecule has 2 aromatic rings. The fourth-order valence-corrected chi connectivity index (χ4v) is 4.13. The molecule has 112 valence electrons. The minimum absolute atomic E-state index is 0.0750. The number of nitrogen functional groups attached to an aromatic ring is 1. The normalized spacial score (nSPS) is 11.4. The van der Waals surface area contributed by atoms with E-state index in [-0.39, 0.29) is 26.3 Å². The lowest BCUT2D eigenvalue weighted by atomic mass is 10.3. The van der Waals surface area contributed by atoms with Crippen molar-refractivity contribution >= 4 is 44.6 Å². The summed E-state index contributed by atoms with van der Waals surface area (Å²) >= 11 is 11.9. The Morgan fingerprint density at radius 3 is 2.05 bits per heavy atom. The fraction of sp³-hybridized carbons (Fsp3) is 0.0769. The molecular formula is C13H11Cl2FN2O2S. The second-order valence-corrected chi connectivity index (χ2v) is 6.98. The third-order valence-corrected chi connectivity index (χ3v) is 5.54. The molecule has 0 saturated carbocycles. The molecule has 0 spiro atoms. The van der Waals surface area contributed by atoms with Gasteiger partial charge in [0, 0.05) is 12.7 Å². The van der Waals surface area contributed by atoms with Gasteiger partial charge in [-0.15, -0.1) is 0 Å². The highest BCUT2D eigenvalue weighted by atomic mass is 35.5. The zero-order valence-corrected chi connectivity index (χ0v) is 13.2. The van der Waals surface area contributed by atoms with E-state index in [2.05, 4.69) is 0 Å². The van der Waals surface area contributed by atoms with Gasteiger partial charge in [-0.25, -0.2) is 12.8 Å². The van der Waals surface area contributed by atoms with E-state index in [1.54, 1.807) is 0 Å². The van der Waals surface area contributed by atoms with Gasteiger partial charge in [0.1, 0.15) is 10.7 Å². The first-order valence-corrected chi connectivity index (χ1v) is 7.92. The number of sulfonamides is 1. The van der Waals surface area contributed by atoms with Gasteiger partial charge >= 0.3 is 0 Å². The molecule has 0 aliphatic carbocycles. The maximum Gasteiger partial charge on any atom is 0.267 e. The van der Waals surface area contributed by atoms with Gasteiger partial charge in [-0.3, -0.25) is 4.31 Å². The molecule has 0 bridgehead atoms. The molecule has 0 atom stereocenters. The van der Waals surface area contributed by atoms with Crippen LogP contribution in [0, 0.1) is 5.82 Å². The Kier molecular flexibility index (Phi) is 4.32. The molecule has 0 heterocycles. The highest BCUT2D eigenvalue weighted by Gasteiger charge is 2.27. The maximum atomic E-state index is 12.9. The van der Waals surface area contributed by atoms with E-state index in [0.29, 0.717) is 0 Å². The standard InChI is InChI=1S/C13H11Cl2FN2O2S/c1-18(10-4-2-8(16)3-5-10)21(19,20)13-11(14)6-9(17)7-12(13)15/h2-7H,17H2,1H3. The van der Waals surface area contributed by atoms with Crippen LogP contribution in [0.25, 0.3) is 0 Å². The number of hydrogen-bond acceptors (Lipinski definition) is 3. The van der Waals surface area contributed by atoms with Gasteiger partial charge < -0.3 is 5.73 Å². The lowest BCUT2D eigenvalue weighted by Crippen LogP contribution is -2.27. The second-order valence-electron chi connectivity index (χ2n) is 4.26. The summed E-state index contributed by atoms with van der Waals surface area (Å²) in [5, 5.41) is -0.150. The first-order valence-electron chi connectivity index (χ1n) is 5.72. The van der Waals surface area contributed by atoms with Crippen LogP contribution >= 0.6 is 23.2 Å². The van der Waals surface area contributed by atoms with Crippen molar-refractivity contribution in [2.24, 2.45) is 0 Å². The molecule has 8 heteroatoms. The lowest BCUT2D eigenvalue weighted by Gasteiger charge is -2.21. The molecule has 0 saturated heterocycles. The van der Waals surface area contributed by atoms with Gasteiger partial charge in [-0.1, -0.05) is 23.2 Å². The highest BCUT2D eigenvalue weighted by molar-refractivity contribution is 7.93. The van der Waals surface area contributed by atoms with E-state index in [9.17, 15) is 12.8 Å². The van der Waals surface area contributed by atoms with Crippen LogP contribution in [-0.4, -0.2) is 15.5 Å². The first kappa shape index (κ1) is 15.9. The third-order valence-electron chi connectivity index (χ3n) is 2.83. The van der Waals surface area contributed by atoms with Crippen molar-refractivity contribution in [2.45, 2.75) is 4.90 Å². The zero-order chi connectivity index (χ0) is 15.8. The summed E-state index contributed by atoms with van der Waals surface area (Å²) in [6.07, 6.45) is 0. The molecular weight excluding hydrogens is 338 g/mol. The molecule has 0 amide bonds. The first-order chi connectivity index (χ1) is 9.73. The molecule has 2 rings (SSSR count). The molecule has 0 unspecified atom stereocenters. The summed E-state index contributed by atoms with van der Waals surface area (Å²) in [5.74, 6) is -0.465. The summed E-state index contributed by atoms with van der Waals surface area (Å²) in [6.45, 7) is 0. The Morgan fingerprint density at radius 1 is 1.10 bits per heavy atom. The van der Waals surface area contributed by atoms with Crippen LogP contribution in [0.1, 0.15) is 0 Å². The molecule has 2 N–H and O–H groups in total. The number of nitrogens with zero attached hydrogens (tertiary/aromatic N) is 1. The zero-order valence-electron chi connectivity index (χ0n) is 10.8. The van der Waals surface area contributed by atoms with E-state index in [1.807, 2.05) is 0 Å². The summed E-state index contributed by atoms with van der Waals surface area (Å²) in [7, 11) is -2.67. The van der Waals surface area contributed by atoms with Crippen LogP contribution < -0.4 is 10.0 Å². The summed E-state index contributed by atoms with van der Waals surface area (Å²) < 4.78 is 39.1. The van der Waals surface area contributed by atoms with Crippen molar-refractivity contribution in [3.63, 3.8) is 0 Å². The Balaban J connectivity index is 2.54. The van der Waals surface area contributed by atoms with Crippen LogP contribution in [0.2, 0.25) is 10.0 Å². The van der Waals surface area contributed by atoms with E-state index < -0.39 is 15.8 Å². The lowest BCUT2D eigenvalue weighted by molar-refractivity contribution is 0.594. The van der Waals surface area contributed by atoms with E-state index in [0.717, 1.165) is 16.4 Å². The van der Waals surface area contributed by atoms with Gasteiger partial charge in [-0.2, -0.15) is 0 Å². The average Bonchev–Trinajstić information content (AvgIpc) is 2.37. The van der Waals surface area contributed by atoms with E-state index in [4.69, 9.17) is 28.9 Å². The Bertz CT molecular complexity index is 756. The summed E-state index contributed by atoms with van der Waals surface area (Å²) in [5.41, 5.74) is 6.09. The smallest absolute Gasteiger partial charge is 0.267 e. The average molecular weight is 349 g/mol. The van der Waals surface area contributed by atoms with Crippen molar-refractivity contribution in [2.75, 3.05) is 17.1 Å². The molecule has 0 aliphatic heterocycles. The van der Waals surface area contributed by atoms with Crippen molar-refractivity contribution in [1.29, 1.82) is 0 Å². The van der Waals surface area contributed by atoms with Gasteiger partial charge in [0.25, 0.3) is 10.0 Å². The van der Waals surface area contributed by atoms with Crippen LogP contribution in [-0.2, 0) is 10.0 Å². The fourth-order valence-electron chi connectivity index (χ4n) is 1.75. The largest absolute Gasteiger partial charge is 0.399 e. The number of halogens is 3. The predicted molar refractivity (Wildman–Crippen MR) is 82.9 cm³/mol. The van der Waals surface area contributed by atoms with Crippen molar-refractivity contribution in [1.82, 2.24) is 0 Å². The molecule has 2 aromatic carbocycles. The minimum atomic E-state index is -3.99. The summed E-state index contributed by atoms with van der Waals surface area (Å²) in [6, 6.07) is 7.61. The number of benzene rings is 2. The Labute approximate surface area is 131 Å². The SMILES string of the molecule is CN(c1ccc(F)cc1)S(=O)(=O)c1c(Cl)cc(N)cc1Cl. The molecule has 0 fully saturated rings. The topological polar surface area (TPSA) is 63.4 Å². The molecule has 0 aliphatic rings. The molecule has 4 nitrogen and oxygen atoms in total. The van der Waals surface area contributed by atoms with Crippen molar-refractivity contribution in [3.05, 3.63) is 52.3 Å².